The molecule has 0 atom stereocenters. The van der Waals surface area contributed by atoms with Crippen LogP contribution in [0.5, 0.6) is 5.75 Å². The number of halogens is 4. The van der Waals surface area contributed by atoms with Crippen LogP contribution < -0.4 is 4.74 Å². The molecular formula is C25H21BrF3OPr-. The second kappa shape index (κ2) is 11.3. The molecule has 159 valence electrons. The molecule has 1 nitrogen and oxygen atoms in total. The third kappa shape index (κ3) is 6.12. The molecule has 0 aliphatic heterocycles. The second-order valence-electron chi connectivity index (χ2n) is 7.56. The molecule has 3 aromatic rings. The summed E-state index contributed by atoms with van der Waals surface area (Å²) < 4.78 is 50.2. The minimum Gasteiger partial charge on any atom is -0.483 e. The monoisotopic (exact) mass is 614 g/mol. The predicted octanol–water partition coefficient (Wildman–Crippen LogP) is 7.97. The van der Waals surface area contributed by atoms with Gasteiger partial charge in [0.15, 0.2) is 17.4 Å². The van der Waals surface area contributed by atoms with Gasteiger partial charge in [0.1, 0.15) is 12.4 Å². The maximum Gasteiger partial charge on any atom is 0.191 e. The van der Waals surface area contributed by atoms with E-state index in [2.05, 4.69) is 22.4 Å². The predicted molar refractivity (Wildman–Crippen MR) is 116 cm³/mol. The molecule has 0 bridgehead atoms. The number of hydrogen-bond donors (Lipinski definition) is 0. The van der Waals surface area contributed by atoms with Gasteiger partial charge in [-0.05, 0) is 52.9 Å². The standard InChI is InChI=1S/C25H21BrF3O.Pr/c26-20-9-6-16(7-10-20)15-30-25-23(28)13-19(14-24(25)29)21-11-8-18(12-22(21)27)17-4-2-1-3-5-17;/h1,6-14,17H,2-5,15H2;/q-1;. The van der Waals surface area contributed by atoms with E-state index in [0.717, 1.165) is 53.4 Å². The van der Waals surface area contributed by atoms with Crippen molar-refractivity contribution >= 4 is 15.9 Å². The summed E-state index contributed by atoms with van der Waals surface area (Å²) in [5.74, 6) is -2.30. The fourth-order valence-corrected chi connectivity index (χ4v) is 4.13. The van der Waals surface area contributed by atoms with Crippen LogP contribution in [0.15, 0.2) is 59.1 Å². The summed E-state index contributed by atoms with van der Waals surface area (Å²) in [7, 11) is 0. The summed E-state index contributed by atoms with van der Waals surface area (Å²) >= 11 is 3.33. The molecular weight excluding hydrogens is 594 g/mol. The molecule has 1 saturated carbocycles. The van der Waals surface area contributed by atoms with Crippen molar-refractivity contribution in [3.63, 3.8) is 0 Å². The van der Waals surface area contributed by atoms with Crippen molar-refractivity contribution in [2.75, 3.05) is 0 Å². The Labute approximate surface area is 222 Å². The van der Waals surface area contributed by atoms with Crippen LogP contribution in [0.4, 0.5) is 13.2 Å². The van der Waals surface area contributed by atoms with Crippen LogP contribution in [-0.4, -0.2) is 0 Å². The topological polar surface area (TPSA) is 9.23 Å². The van der Waals surface area contributed by atoms with Gasteiger partial charge in [-0.15, -0.1) is 0 Å². The minimum atomic E-state index is -0.853. The summed E-state index contributed by atoms with van der Waals surface area (Å²) in [6.45, 7) is 0.0301. The Kier molecular flexibility index (Phi) is 9.01. The molecule has 1 radical (unpaired) electrons. The summed E-state index contributed by atoms with van der Waals surface area (Å²) in [6.07, 6.45) is 6.34. The van der Waals surface area contributed by atoms with Crippen LogP contribution in [0.1, 0.15) is 42.7 Å². The van der Waals surface area contributed by atoms with E-state index in [4.69, 9.17) is 4.74 Å². The Hall–Kier alpha value is -0.906. The molecule has 4 rings (SSSR count). The third-order valence-electron chi connectivity index (χ3n) is 5.51. The number of hydrogen-bond acceptors (Lipinski definition) is 1. The third-order valence-corrected chi connectivity index (χ3v) is 6.04. The molecule has 1 fully saturated rings. The van der Waals surface area contributed by atoms with E-state index in [1.165, 1.54) is 6.07 Å². The maximum atomic E-state index is 14.8. The van der Waals surface area contributed by atoms with Gasteiger partial charge in [-0.2, -0.15) is 12.8 Å². The van der Waals surface area contributed by atoms with Crippen molar-refractivity contribution in [2.45, 2.75) is 38.2 Å². The van der Waals surface area contributed by atoms with E-state index in [9.17, 15) is 13.2 Å². The Bertz CT molecular complexity index is 1010. The molecule has 3 aromatic carbocycles. The van der Waals surface area contributed by atoms with Crippen LogP contribution in [-0.2, 0) is 6.61 Å². The molecule has 0 saturated heterocycles. The van der Waals surface area contributed by atoms with Gasteiger partial charge < -0.3 is 11.2 Å². The normalized spacial score (nSPS) is 14.2. The van der Waals surface area contributed by atoms with E-state index >= 15 is 0 Å². The van der Waals surface area contributed by atoms with Gasteiger partial charge in [-0.3, -0.25) is 0 Å². The molecule has 1 aliphatic carbocycles. The van der Waals surface area contributed by atoms with Crippen molar-refractivity contribution in [2.24, 2.45) is 0 Å². The number of ether oxygens (including phenoxy) is 1. The first-order valence-corrected chi connectivity index (χ1v) is 10.8. The van der Waals surface area contributed by atoms with E-state index in [-0.39, 0.29) is 59.0 Å². The fraction of sp³-hybridized carbons (Fsp3) is 0.240. The van der Waals surface area contributed by atoms with Gasteiger partial charge in [0.05, 0.1) is 0 Å². The molecule has 0 heterocycles. The summed E-state index contributed by atoms with van der Waals surface area (Å²) in [5, 5.41) is 0. The van der Waals surface area contributed by atoms with E-state index in [1.54, 1.807) is 18.2 Å². The van der Waals surface area contributed by atoms with Crippen LogP contribution in [0.25, 0.3) is 11.1 Å². The summed E-state index contributed by atoms with van der Waals surface area (Å²) in [4.78, 5) is 0. The van der Waals surface area contributed by atoms with Crippen molar-refractivity contribution < 1.29 is 59.2 Å². The zero-order valence-electron chi connectivity index (χ0n) is 16.9. The van der Waals surface area contributed by atoms with Crippen LogP contribution in [0.2, 0.25) is 0 Å². The second-order valence-corrected chi connectivity index (χ2v) is 8.48. The molecule has 6 heteroatoms. The van der Waals surface area contributed by atoms with E-state index in [1.807, 2.05) is 18.2 Å². The Balaban J connectivity index is 0.00000272. The van der Waals surface area contributed by atoms with Crippen LogP contribution in [0, 0.1) is 65.2 Å². The molecule has 0 spiro atoms. The van der Waals surface area contributed by atoms with Gasteiger partial charge in [0, 0.05) is 51.3 Å². The molecule has 31 heavy (non-hydrogen) atoms. The number of rotatable bonds is 5. The number of benzene rings is 3. The molecule has 0 N–H and O–H groups in total. The van der Waals surface area contributed by atoms with E-state index in [0.29, 0.717) is 5.92 Å². The van der Waals surface area contributed by atoms with Gasteiger partial charge in [0.2, 0.25) is 0 Å². The van der Waals surface area contributed by atoms with Crippen molar-refractivity contribution in [1.29, 1.82) is 0 Å². The van der Waals surface area contributed by atoms with Crippen LogP contribution in [0.3, 0.4) is 0 Å². The first kappa shape index (κ1) is 24.7. The van der Waals surface area contributed by atoms with Crippen molar-refractivity contribution in [3.8, 4) is 16.9 Å². The van der Waals surface area contributed by atoms with E-state index < -0.39 is 23.2 Å². The van der Waals surface area contributed by atoms with Crippen LogP contribution >= 0.6 is 15.9 Å². The molecule has 1 aliphatic rings. The zero-order valence-corrected chi connectivity index (χ0v) is 22.2. The average molecular weight is 615 g/mol. The summed E-state index contributed by atoms with van der Waals surface area (Å²) in [5.41, 5.74) is 2.06. The molecule has 0 aromatic heterocycles. The van der Waals surface area contributed by atoms with Crippen molar-refractivity contribution in [3.05, 3.63) is 94.1 Å². The Morgan fingerprint density at radius 3 is 2.13 bits per heavy atom. The Morgan fingerprint density at radius 2 is 1.52 bits per heavy atom. The largest absolute Gasteiger partial charge is 0.483 e. The van der Waals surface area contributed by atoms with Gasteiger partial charge in [-0.25, -0.2) is 13.2 Å². The zero-order chi connectivity index (χ0) is 21.1. The Morgan fingerprint density at radius 1 is 0.871 bits per heavy atom. The van der Waals surface area contributed by atoms with Gasteiger partial charge in [-0.1, -0.05) is 53.0 Å². The van der Waals surface area contributed by atoms with Crippen molar-refractivity contribution in [1.82, 2.24) is 0 Å². The summed E-state index contributed by atoms with van der Waals surface area (Å²) in [6, 6.07) is 14.5. The smallest absolute Gasteiger partial charge is 0.191 e. The van der Waals surface area contributed by atoms with Gasteiger partial charge in [0.25, 0.3) is 0 Å². The molecule has 0 unspecified atom stereocenters. The first-order chi connectivity index (χ1) is 14.5. The molecule has 0 amide bonds. The average Bonchev–Trinajstić information content (AvgIpc) is 2.75. The fourth-order valence-electron chi connectivity index (χ4n) is 3.87. The SMILES string of the molecule is Fc1cc(C2CC[CH-]CC2)ccc1-c1cc(F)c(OCc2ccc(Br)cc2)c(F)c1.[Pr]. The maximum absolute atomic E-state index is 14.8. The minimum absolute atomic E-state index is 0. The first-order valence-electron chi connectivity index (χ1n) is 9.99. The quantitative estimate of drug-likeness (QED) is 0.265. The van der Waals surface area contributed by atoms with Gasteiger partial charge >= 0.3 is 0 Å².